The Labute approximate surface area is 121 Å². The van der Waals surface area contributed by atoms with Crippen molar-refractivity contribution in [1.82, 2.24) is 10.2 Å². The van der Waals surface area contributed by atoms with E-state index in [1.165, 1.54) is 15.3 Å². The summed E-state index contributed by atoms with van der Waals surface area (Å²) in [7, 11) is 0. The highest BCUT2D eigenvalue weighted by Gasteiger charge is 2.35. The molecule has 2 N–H and O–H groups in total. The average Bonchev–Trinajstić information content (AvgIpc) is 3.08. The molecule has 0 saturated carbocycles. The summed E-state index contributed by atoms with van der Waals surface area (Å²) in [5.74, 6) is -0.905. The van der Waals surface area contributed by atoms with E-state index in [1.807, 2.05) is 0 Å². The molecule has 3 rings (SSSR count). The molecule has 2 heterocycles. The van der Waals surface area contributed by atoms with Crippen LogP contribution in [0.3, 0.4) is 0 Å². The number of hydrogen-bond acceptors (Lipinski definition) is 3. The molecule has 1 aromatic heterocycles. The molecule has 1 aliphatic carbocycles. The molecule has 0 radical (unpaired) electrons. The number of urea groups is 1. The standard InChI is InChI=1S/C14H18N2O3S/c17-13(18)11-4-2-7-16(11)14(19)15-10-3-1-5-12-9(10)6-8-20-12/h6,8,10-11H,1-5,7H2,(H,15,19)(H,17,18)/t10?,11-/m1/s1. The first-order chi connectivity index (χ1) is 9.66. The number of fused-ring (bicyclic) bond motifs is 1. The topological polar surface area (TPSA) is 69.6 Å². The minimum Gasteiger partial charge on any atom is -0.480 e. The van der Waals surface area contributed by atoms with Crippen LogP contribution in [0.25, 0.3) is 0 Å². The Bertz CT molecular complexity index is 528. The van der Waals surface area contributed by atoms with Gasteiger partial charge in [0.25, 0.3) is 0 Å². The van der Waals surface area contributed by atoms with Crippen molar-refractivity contribution >= 4 is 23.3 Å². The van der Waals surface area contributed by atoms with Crippen molar-refractivity contribution in [3.63, 3.8) is 0 Å². The fourth-order valence-corrected chi connectivity index (χ4v) is 4.12. The number of aryl methyl sites for hydroxylation is 1. The Balaban J connectivity index is 1.70. The van der Waals surface area contributed by atoms with Gasteiger partial charge in [0.1, 0.15) is 6.04 Å². The van der Waals surface area contributed by atoms with Crippen LogP contribution in [-0.4, -0.2) is 34.6 Å². The molecule has 2 aliphatic rings. The number of aliphatic carboxylic acids is 1. The van der Waals surface area contributed by atoms with Crippen molar-refractivity contribution in [3.05, 3.63) is 21.9 Å². The van der Waals surface area contributed by atoms with E-state index in [4.69, 9.17) is 5.11 Å². The highest BCUT2D eigenvalue weighted by molar-refractivity contribution is 7.10. The Morgan fingerprint density at radius 2 is 2.20 bits per heavy atom. The van der Waals surface area contributed by atoms with Crippen LogP contribution < -0.4 is 5.32 Å². The molecular weight excluding hydrogens is 276 g/mol. The lowest BCUT2D eigenvalue weighted by atomic mass is 9.94. The first-order valence-corrected chi connectivity index (χ1v) is 7.91. The van der Waals surface area contributed by atoms with Crippen molar-refractivity contribution in [2.24, 2.45) is 0 Å². The lowest BCUT2D eigenvalue weighted by Crippen LogP contribution is -2.47. The van der Waals surface area contributed by atoms with Crippen LogP contribution in [0.1, 0.15) is 42.2 Å². The molecule has 2 amide bonds. The Hall–Kier alpha value is -1.56. The molecule has 0 aromatic carbocycles. The SMILES string of the molecule is O=C(O)[C@H]1CCCN1C(=O)NC1CCCc2sccc21. The first-order valence-electron chi connectivity index (χ1n) is 7.03. The highest BCUT2D eigenvalue weighted by atomic mass is 32.1. The molecule has 0 bridgehead atoms. The molecule has 5 nitrogen and oxygen atoms in total. The minimum absolute atomic E-state index is 0.0348. The third kappa shape index (κ3) is 2.40. The van der Waals surface area contributed by atoms with Gasteiger partial charge in [0.2, 0.25) is 0 Å². The van der Waals surface area contributed by atoms with Crippen LogP contribution in [0, 0.1) is 0 Å². The summed E-state index contributed by atoms with van der Waals surface area (Å²) in [4.78, 5) is 26.3. The van der Waals surface area contributed by atoms with Gasteiger partial charge in [0.05, 0.1) is 6.04 Å². The van der Waals surface area contributed by atoms with Crippen molar-refractivity contribution in [1.29, 1.82) is 0 Å². The van der Waals surface area contributed by atoms with E-state index in [-0.39, 0.29) is 12.1 Å². The zero-order chi connectivity index (χ0) is 14.1. The molecule has 108 valence electrons. The van der Waals surface area contributed by atoms with Crippen LogP contribution in [0.15, 0.2) is 11.4 Å². The monoisotopic (exact) mass is 294 g/mol. The van der Waals surface area contributed by atoms with Gasteiger partial charge < -0.3 is 15.3 Å². The quantitative estimate of drug-likeness (QED) is 0.880. The summed E-state index contributed by atoms with van der Waals surface area (Å²) in [5.41, 5.74) is 1.21. The summed E-state index contributed by atoms with van der Waals surface area (Å²) >= 11 is 1.73. The van der Waals surface area contributed by atoms with E-state index in [0.29, 0.717) is 13.0 Å². The number of likely N-dealkylation sites (tertiary alicyclic amines) is 1. The van der Waals surface area contributed by atoms with Crippen molar-refractivity contribution in [2.75, 3.05) is 6.54 Å². The maximum absolute atomic E-state index is 12.3. The summed E-state index contributed by atoms with van der Waals surface area (Å²) in [6, 6.07) is 1.20. The van der Waals surface area contributed by atoms with E-state index in [1.54, 1.807) is 11.3 Å². The minimum atomic E-state index is -0.905. The Kier molecular flexibility index (Phi) is 3.65. The van der Waals surface area contributed by atoms with Gasteiger partial charge in [0.15, 0.2) is 0 Å². The summed E-state index contributed by atoms with van der Waals surface area (Å²) in [5, 5.41) is 14.2. The van der Waals surface area contributed by atoms with Gasteiger partial charge in [0, 0.05) is 11.4 Å². The molecule has 1 unspecified atom stereocenters. The van der Waals surface area contributed by atoms with Crippen molar-refractivity contribution in [2.45, 2.75) is 44.2 Å². The highest BCUT2D eigenvalue weighted by Crippen LogP contribution is 2.33. The van der Waals surface area contributed by atoms with Crippen molar-refractivity contribution in [3.8, 4) is 0 Å². The second-order valence-electron chi connectivity index (χ2n) is 5.38. The molecular formula is C14H18N2O3S. The number of amides is 2. The lowest BCUT2D eigenvalue weighted by molar-refractivity contribution is -0.141. The predicted octanol–water partition coefficient (Wildman–Crippen LogP) is 2.38. The number of carboxylic acids is 1. The van der Waals surface area contributed by atoms with Gasteiger partial charge in [-0.05, 0) is 49.1 Å². The van der Waals surface area contributed by atoms with E-state index < -0.39 is 12.0 Å². The fourth-order valence-electron chi connectivity index (χ4n) is 3.13. The van der Waals surface area contributed by atoms with E-state index >= 15 is 0 Å². The zero-order valence-electron chi connectivity index (χ0n) is 11.2. The maximum atomic E-state index is 12.3. The van der Waals surface area contributed by atoms with Gasteiger partial charge in [-0.2, -0.15) is 0 Å². The second-order valence-corrected chi connectivity index (χ2v) is 6.38. The van der Waals surface area contributed by atoms with Crippen LogP contribution >= 0.6 is 11.3 Å². The number of rotatable bonds is 2. The maximum Gasteiger partial charge on any atom is 0.326 e. The molecule has 1 aromatic rings. The third-order valence-electron chi connectivity index (χ3n) is 4.15. The molecule has 0 spiro atoms. The van der Waals surface area contributed by atoms with Crippen LogP contribution in [0.5, 0.6) is 0 Å². The molecule has 1 saturated heterocycles. The van der Waals surface area contributed by atoms with E-state index in [2.05, 4.69) is 16.8 Å². The largest absolute Gasteiger partial charge is 0.480 e. The zero-order valence-corrected chi connectivity index (χ0v) is 12.0. The summed E-state index contributed by atoms with van der Waals surface area (Å²) < 4.78 is 0. The molecule has 1 fully saturated rings. The number of nitrogens with one attached hydrogen (secondary N) is 1. The molecule has 1 aliphatic heterocycles. The Morgan fingerprint density at radius 3 is 3.00 bits per heavy atom. The predicted molar refractivity (Wildman–Crippen MR) is 75.9 cm³/mol. The van der Waals surface area contributed by atoms with Crippen molar-refractivity contribution < 1.29 is 14.7 Å². The lowest BCUT2D eigenvalue weighted by Gasteiger charge is -2.28. The first kappa shape index (κ1) is 13.4. The number of thiophene rings is 1. The second kappa shape index (κ2) is 5.44. The summed E-state index contributed by atoms with van der Waals surface area (Å²) in [6.45, 7) is 0.534. The number of carbonyl (C=O) groups is 2. The van der Waals surface area contributed by atoms with Gasteiger partial charge in [-0.3, -0.25) is 0 Å². The molecule has 6 heteroatoms. The van der Waals surface area contributed by atoms with Gasteiger partial charge >= 0.3 is 12.0 Å². The van der Waals surface area contributed by atoms with Gasteiger partial charge in [-0.15, -0.1) is 11.3 Å². The number of carboxylic acid groups (broad SMARTS) is 1. The summed E-state index contributed by atoms with van der Waals surface area (Å²) in [6.07, 6.45) is 4.40. The normalized spacial score (nSPS) is 25.3. The molecule has 20 heavy (non-hydrogen) atoms. The Morgan fingerprint density at radius 1 is 1.35 bits per heavy atom. The number of hydrogen-bond donors (Lipinski definition) is 2. The van der Waals surface area contributed by atoms with Crippen LogP contribution in [-0.2, 0) is 11.2 Å². The van der Waals surface area contributed by atoms with E-state index in [9.17, 15) is 9.59 Å². The average molecular weight is 294 g/mol. The van der Waals surface area contributed by atoms with Gasteiger partial charge in [-0.1, -0.05) is 0 Å². The smallest absolute Gasteiger partial charge is 0.326 e. The third-order valence-corrected chi connectivity index (χ3v) is 5.14. The van der Waals surface area contributed by atoms with Gasteiger partial charge in [-0.25, -0.2) is 9.59 Å². The number of carbonyl (C=O) groups excluding carboxylic acids is 1. The van der Waals surface area contributed by atoms with Crippen LogP contribution in [0.4, 0.5) is 4.79 Å². The van der Waals surface area contributed by atoms with Crippen LogP contribution in [0.2, 0.25) is 0 Å². The molecule has 2 atom stereocenters. The number of nitrogens with zero attached hydrogens (tertiary/aromatic N) is 1. The van der Waals surface area contributed by atoms with E-state index in [0.717, 1.165) is 25.7 Å². The fraction of sp³-hybridized carbons (Fsp3) is 0.571.